The van der Waals surface area contributed by atoms with Crippen molar-refractivity contribution < 1.29 is 8.42 Å². The van der Waals surface area contributed by atoms with Crippen molar-refractivity contribution >= 4 is 21.6 Å². The van der Waals surface area contributed by atoms with E-state index in [4.69, 9.17) is 16.9 Å². The predicted octanol–water partition coefficient (Wildman–Crippen LogP) is 0.664. The van der Waals surface area contributed by atoms with Crippen molar-refractivity contribution in [3.05, 3.63) is 17.7 Å². The molecule has 0 saturated heterocycles. The van der Waals surface area contributed by atoms with E-state index in [1.807, 2.05) is 6.07 Å². The lowest BCUT2D eigenvalue weighted by Gasteiger charge is -2.14. The summed E-state index contributed by atoms with van der Waals surface area (Å²) in [7, 11) is -2.24. The van der Waals surface area contributed by atoms with Gasteiger partial charge in [-0.3, -0.25) is 0 Å². The van der Waals surface area contributed by atoms with Crippen LogP contribution in [0.3, 0.4) is 0 Å². The van der Waals surface area contributed by atoms with E-state index < -0.39 is 10.0 Å². The lowest BCUT2D eigenvalue weighted by Crippen LogP contribution is -2.28. The number of rotatable bonds is 4. The highest BCUT2D eigenvalue weighted by atomic mass is 35.5. The van der Waals surface area contributed by atoms with Gasteiger partial charge in [0.2, 0.25) is 15.3 Å². The first-order chi connectivity index (χ1) is 7.48. The van der Waals surface area contributed by atoms with Crippen LogP contribution in [0.25, 0.3) is 0 Å². The Kier molecular flexibility index (Phi) is 4.18. The van der Waals surface area contributed by atoms with E-state index in [0.717, 1.165) is 16.7 Å². The number of nitriles is 1. The molecule has 8 heteroatoms. The van der Waals surface area contributed by atoms with Crippen molar-refractivity contribution in [2.45, 2.75) is 11.3 Å². The fourth-order valence-corrected chi connectivity index (χ4v) is 2.10. The van der Waals surface area contributed by atoms with Crippen molar-refractivity contribution in [2.24, 2.45) is 0 Å². The molecule has 0 atom stereocenters. The van der Waals surface area contributed by atoms with Gasteiger partial charge in [-0.05, 0) is 11.6 Å². The van der Waals surface area contributed by atoms with Crippen molar-refractivity contribution in [1.29, 1.82) is 5.26 Å². The van der Waals surface area contributed by atoms with Gasteiger partial charge in [0.1, 0.15) is 4.90 Å². The summed E-state index contributed by atoms with van der Waals surface area (Å²) in [6, 6.07) is 1.87. The molecule has 6 nitrogen and oxygen atoms in total. The average Bonchev–Trinajstić information content (AvgIpc) is 2.26. The lowest BCUT2D eigenvalue weighted by atomic mass is 10.5. The van der Waals surface area contributed by atoms with Crippen LogP contribution in [0, 0.1) is 11.3 Å². The summed E-state index contributed by atoms with van der Waals surface area (Å²) >= 11 is 5.45. The first kappa shape index (κ1) is 12.8. The Morgan fingerprint density at radius 1 is 1.50 bits per heavy atom. The Balaban J connectivity index is 2.94. The fraction of sp³-hybridized carbons (Fsp3) is 0.375. The maximum atomic E-state index is 11.8. The zero-order valence-corrected chi connectivity index (χ0v) is 10.0. The summed E-state index contributed by atoms with van der Waals surface area (Å²) in [6.45, 7) is 0.126. The third kappa shape index (κ3) is 2.88. The molecule has 1 aromatic rings. The number of hydrogen-bond donors (Lipinski definition) is 0. The number of halogens is 1. The van der Waals surface area contributed by atoms with Crippen LogP contribution in [0.15, 0.2) is 17.3 Å². The van der Waals surface area contributed by atoms with Gasteiger partial charge in [-0.15, -0.1) is 0 Å². The first-order valence-corrected chi connectivity index (χ1v) is 6.11. The summed E-state index contributed by atoms with van der Waals surface area (Å²) < 4.78 is 24.8. The highest BCUT2D eigenvalue weighted by molar-refractivity contribution is 7.89. The van der Waals surface area contributed by atoms with Gasteiger partial charge >= 0.3 is 0 Å². The van der Waals surface area contributed by atoms with Crippen LogP contribution < -0.4 is 0 Å². The molecule has 0 aromatic carbocycles. The molecule has 0 aliphatic heterocycles. The van der Waals surface area contributed by atoms with E-state index in [1.165, 1.54) is 7.05 Å². The van der Waals surface area contributed by atoms with E-state index >= 15 is 0 Å². The Hall–Kier alpha value is -1.23. The van der Waals surface area contributed by atoms with Gasteiger partial charge in [0.05, 0.1) is 18.5 Å². The third-order valence-corrected chi connectivity index (χ3v) is 3.85. The lowest BCUT2D eigenvalue weighted by molar-refractivity contribution is 0.476. The van der Waals surface area contributed by atoms with Crippen molar-refractivity contribution in [2.75, 3.05) is 13.6 Å². The topological polar surface area (TPSA) is 87.0 Å². The Bertz CT molecular complexity index is 494. The molecule has 1 rings (SSSR count). The molecule has 0 radical (unpaired) electrons. The van der Waals surface area contributed by atoms with Gasteiger partial charge in [0.15, 0.2) is 0 Å². The van der Waals surface area contributed by atoms with E-state index in [1.54, 1.807) is 0 Å². The summed E-state index contributed by atoms with van der Waals surface area (Å²) in [6.07, 6.45) is 2.39. The zero-order chi connectivity index (χ0) is 12.2. The molecule has 0 fully saturated rings. The molecule has 0 N–H and O–H groups in total. The molecular weight excluding hydrogens is 252 g/mol. The average molecular weight is 261 g/mol. The van der Waals surface area contributed by atoms with E-state index in [0.29, 0.717) is 0 Å². The monoisotopic (exact) mass is 260 g/mol. The minimum atomic E-state index is -3.63. The van der Waals surface area contributed by atoms with Crippen molar-refractivity contribution in [3.8, 4) is 6.07 Å². The summed E-state index contributed by atoms with van der Waals surface area (Å²) in [5.74, 6) is 0. The fourth-order valence-electron chi connectivity index (χ4n) is 0.941. The van der Waals surface area contributed by atoms with Crippen LogP contribution in [-0.2, 0) is 10.0 Å². The summed E-state index contributed by atoms with van der Waals surface area (Å²) in [5, 5.41) is 8.36. The molecule has 16 heavy (non-hydrogen) atoms. The predicted molar refractivity (Wildman–Crippen MR) is 57.1 cm³/mol. The van der Waals surface area contributed by atoms with Crippen LogP contribution in [0.5, 0.6) is 0 Å². The molecular formula is C8H9ClN4O2S. The van der Waals surface area contributed by atoms with Crippen LogP contribution in [-0.4, -0.2) is 36.3 Å². The smallest absolute Gasteiger partial charge is 0.225 e. The minimum absolute atomic E-state index is 0.0152. The van der Waals surface area contributed by atoms with Crippen molar-refractivity contribution in [1.82, 2.24) is 14.3 Å². The molecule has 0 saturated carbocycles. The van der Waals surface area contributed by atoms with Gasteiger partial charge in [0.25, 0.3) is 0 Å². The van der Waals surface area contributed by atoms with Gasteiger partial charge in [-0.2, -0.15) is 9.57 Å². The molecule has 1 heterocycles. The summed E-state index contributed by atoms with van der Waals surface area (Å²) in [4.78, 5) is 7.14. The molecule has 0 spiro atoms. The van der Waals surface area contributed by atoms with Gasteiger partial charge in [-0.25, -0.2) is 18.4 Å². The van der Waals surface area contributed by atoms with E-state index in [9.17, 15) is 8.42 Å². The largest absolute Gasteiger partial charge is 0.245 e. The molecule has 0 bridgehead atoms. The number of sulfonamides is 1. The maximum absolute atomic E-state index is 11.8. The second-order valence-electron chi connectivity index (χ2n) is 2.92. The quantitative estimate of drug-likeness (QED) is 0.743. The maximum Gasteiger partial charge on any atom is 0.245 e. The highest BCUT2D eigenvalue weighted by Gasteiger charge is 2.20. The third-order valence-electron chi connectivity index (χ3n) is 1.84. The van der Waals surface area contributed by atoms with Crippen LogP contribution >= 0.6 is 11.6 Å². The molecule has 0 unspecified atom stereocenters. The van der Waals surface area contributed by atoms with Crippen LogP contribution in [0.1, 0.15) is 6.42 Å². The number of nitrogens with zero attached hydrogens (tertiary/aromatic N) is 4. The molecule has 1 aromatic heterocycles. The number of hydrogen-bond acceptors (Lipinski definition) is 5. The van der Waals surface area contributed by atoms with Gasteiger partial charge in [-0.1, -0.05) is 0 Å². The van der Waals surface area contributed by atoms with E-state index in [2.05, 4.69) is 9.97 Å². The molecule has 0 amide bonds. The minimum Gasteiger partial charge on any atom is -0.225 e. The van der Waals surface area contributed by atoms with Gasteiger partial charge in [0, 0.05) is 20.0 Å². The second-order valence-corrected chi connectivity index (χ2v) is 5.31. The normalized spacial score (nSPS) is 11.4. The SMILES string of the molecule is CN(CCC#N)S(=O)(=O)c1cnc(Cl)nc1. The molecule has 86 valence electrons. The summed E-state index contributed by atoms with van der Waals surface area (Å²) in [5.41, 5.74) is 0. The Labute approximate surface area is 98.5 Å². The highest BCUT2D eigenvalue weighted by Crippen LogP contribution is 2.13. The van der Waals surface area contributed by atoms with Gasteiger partial charge < -0.3 is 0 Å². The van der Waals surface area contributed by atoms with Crippen LogP contribution in [0.2, 0.25) is 5.28 Å². The first-order valence-electron chi connectivity index (χ1n) is 4.29. The zero-order valence-electron chi connectivity index (χ0n) is 8.46. The van der Waals surface area contributed by atoms with Crippen LogP contribution in [0.4, 0.5) is 0 Å². The Morgan fingerprint density at radius 3 is 2.56 bits per heavy atom. The standard InChI is InChI=1S/C8H9ClN4O2S/c1-13(4-2-3-10)16(14,15)7-5-11-8(9)12-6-7/h5-6H,2,4H2,1H3. The molecule has 0 aliphatic carbocycles. The second kappa shape index (κ2) is 5.21. The van der Waals surface area contributed by atoms with Crippen molar-refractivity contribution in [3.63, 3.8) is 0 Å². The van der Waals surface area contributed by atoms with E-state index in [-0.39, 0.29) is 23.1 Å². The Morgan fingerprint density at radius 2 is 2.06 bits per heavy atom. The number of aromatic nitrogens is 2. The molecule has 0 aliphatic rings.